The van der Waals surface area contributed by atoms with E-state index < -0.39 is 0 Å². The van der Waals surface area contributed by atoms with E-state index in [1.807, 2.05) is 30.3 Å². The Bertz CT molecular complexity index is 436. The van der Waals surface area contributed by atoms with Crippen molar-refractivity contribution in [1.29, 1.82) is 0 Å². The molecule has 2 aliphatic rings. The van der Waals surface area contributed by atoms with Gasteiger partial charge in [-0.1, -0.05) is 25.1 Å². The first kappa shape index (κ1) is 11.5. The Morgan fingerprint density at radius 3 is 2.83 bits per heavy atom. The number of anilines is 1. The fourth-order valence-corrected chi connectivity index (χ4v) is 2.60. The van der Waals surface area contributed by atoms with Crippen molar-refractivity contribution in [3.8, 4) is 0 Å². The number of amides is 1. The number of hydrazine groups is 1. The minimum absolute atomic E-state index is 0.0334. The van der Waals surface area contributed by atoms with E-state index in [4.69, 9.17) is 0 Å². The van der Waals surface area contributed by atoms with Gasteiger partial charge in [0.1, 0.15) is 6.17 Å². The van der Waals surface area contributed by atoms with Gasteiger partial charge in [-0.25, -0.2) is 5.43 Å². The Hall–Kier alpha value is -1.59. The van der Waals surface area contributed by atoms with Crippen molar-refractivity contribution in [2.24, 2.45) is 5.92 Å². The van der Waals surface area contributed by atoms with Crippen LogP contribution >= 0.6 is 0 Å². The first-order valence-electron chi connectivity index (χ1n) is 6.44. The molecule has 0 aromatic heterocycles. The molecule has 0 spiro atoms. The Kier molecular flexibility index (Phi) is 2.93. The van der Waals surface area contributed by atoms with E-state index in [9.17, 15) is 4.79 Å². The topological polar surface area (TPSA) is 56.4 Å². The quantitative estimate of drug-likeness (QED) is 0.707. The molecule has 96 valence electrons. The minimum atomic E-state index is -0.0343. The van der Waals surface area contributed by atoms with Gasteiger partial charge in [0.05, 0.1) is 17.8 Å². The van der Waals surface area contributed by atoms with Crippen molar-refractivity contribution < 1.29 is 4.79 Å². The van der Waals surface area contributed by atoms with Gasteiger partial charge in [-0.2, -0.15) is 0 Å². The maximum atomic E-state index is 12.0. The molecule has 5 nitrogen and oxygen atoms in total. The van der Waals surface area contributed by atoms with Gasteiger partial charge < -0.3 is 5.32 Å². The number of benzene rings is 1. The summed E-state index contributed by atoms with van der Waals surface area (Å²) in [6.07, 6.45) is 0.980. The summed E-state index contributed by atoms with van der Waals surface area (Å²) < 4.78 is 0. The van der Waals surface area contributed by atoms with Crippen molar-refractivity contribution in [2.45, 2.75) is 25.7 Å². The lowest BCUT2D eigenvalue weighted by atomic mass is 10.0. The Labute approximate surface area is 107 Å². The van der Waals surface area contributed by atoms with Crippen LogP contribution in [0, 0.1) is 5.92 Å². The van der Waals surface area contributed by atoms with Crippen molar-refractivity contribution in [1.82, 2.24) is 16.1 Å². The highest BCUT2D eigenvalue weighted by Gasteiger charge is 2.43. The molecule has 2 saturated heterocycles. The number of rotatable bonds is 2. The van der Waals surface area contributed by atoms with E-state index >= 15 is 0 Å². The van der Waals surface area contributed by atoms with Crippen LogP contribution in [0.15, 0.2) is 30.3 Å². The summed E-state index contributed by atoms with van der Waals surface area (Å²) in [7, 11) is 0. The molecule has 2 heterocycles. The second-order valence-corrected chi connectivity index (χ2v) is 4.76. The SMILES string of the molecule is CCC1NC(=O)C2CNN(c3ccccc3)C2N1. The molecule has 1 aromatic rings. The number of nitrogens with zero attached hydrogens (tertiary/aromatic N) is 1. The third kappa shape index (κ3) is 1.85. The molecule has 1 amide bonds. The first-order chi connectivity index (χ1) is 8.79. The molecule has 0 bridgehead atoms. The van der Waals surface area contributed by atoms with E-state index in [1.54, 1.807) is 0 Å². The average Bonchev–Trinajstić information content (AvgIpc) is 2.84. The van der Waals surface area contributed by atoms with Crippen LogP contribution in [0.25, 0.3) is 0 Å². The van der Waals surface area contributed by atoms with Crippen molar-refractivity contribution in [3.05, 3.63) is 30.3 Å². The van der Waals surface area contributed by atoms with E-state index in [0.717, 1.165) is 12.1 Å². The number of nitrogens with one attached hydrogen (secondary N) is 3. The fraction of sp³-hybridized carbons (Fsp3) is 0.462. The van der Waals surface area contributed by atoms with E-state index in [1.165, 1.54) is 0 Å². The summed E-state index contributed by atoms with van der Waals surface area (Å²) in [5, 5.41) is 8.53. The van der Waals surface area contributed by atoms with Crippen molar-refractivity contribution in [3.63, 3.8) is 0 Å². The number of para-hydroxylation sites is 1. The molecular weight excluding hydrogens is 228 g/mol. The van der Waals surface area contributed by atoms with Crippen LogP contribution in [0.4, 0.5) is 5.69 Å². The van der Waals surface area contributed by atoms with Gasteiger partial charge >= 0.3 is 0 Å². The Morgan fingerprint density at radius 1 is 1.33 bits per heavy atom. The summed E-state index contributed by atoms with van der Waals surface area (Å²) in [4.78, 5) is 12.0. The molecule has 0 radical (unpaired) electrons. The van der Waals surface area contributed by atoms with Crippen LogP contribution in [0.1, 0.15) is 13.3 Å². The van der Waals surface area contributed by atoms with Crippen molar-refractivity contribution in [2.75, 3.05) is 11.6 Å². The molecule has 2 aliphatic heterocycles. The van der Waals surface area contributed by atoms with Gasteiger partial charge in [-0.3, -0.25) is 15.1 Å². The van der Waals surface area contributed by atoms with Crippen LogP contribution in [0.3, 0.4) is 0 Å². The summed E-state index contributed by atoms with van der Waals surface area (Å²) in [6, 6.07) is 10.1. The largest absolute Gasteiger partial charge is 0.340 e. The maximum Gasteiger partial charge on any atom is 0.229 e. The predicted octanol–water partition coefficient (Wildman–Crippen LogP) is 0.409. The molecule has 1 aromatic carbocycles. The smallest absolute Gasteiger partial charge is 0.229 e. The fourth-order valence-electron chi connectivity index (χ4n) is 2.60. The van der Waals surface area contributed by atoms with Gasteiger partial charge in [0.15, 0.2) is 0 Å². The second kappa shape index (κ2) is 4.59. The maximum absolute atomic E-state index is 12.0. The number of carbonyl (C=O) groups is 1. The molecule has 18 heavy (non-hydrogen) atoms. The van der Waals surface area contributed by atoms with Gasteiger partial charge in [0.25, 0.3) is 0 Å². The van der Waals surface area contributed by atoms with Crippen LogP contribution < -0.4 is 21.1 Å². The van der Waals surface area contributed by atoms with Crippen LogP contribution in [-0.4, -0.2) is 24.8 Å². The summed E-state index contributed by atoms with van der Waals surface area (Å²) in [5.74, 6) is 0.101. The molecule has 3 unspecified atom stereocenters. The van der Waals surface area contributed by atoms with Gasteiger partial charge in [0.2, 0.25) is 5.91 Å². The number of fused-ring (bicyclic) bond motifs is 1. The van der Waals surface area contributed by atoms with Crippen molar-refractivity contribution >= 4 is 11.6 Å². The van der Waals surface area contributed by atoms with E-state index in [-0.39, 0.29) is 24.2 Å². The monoisotopic (exact) mass is 246 g/mol. The Balaban J connectivity index is 1.84. The zero-order valence-electron chi connectivity index (χ0n) is 10.4. The highest BCUT2D eigenvalue weighted by molar-refractivity contribution is 5.82. The molecule has 3 atom stereocenters. The third-order valence-electron chi connectivity index (χ3n) is 3.61. The molecular formula is C13H18N4O. The average molecular weight is 246 g/mol. The minimum Gasteiger partial charge on any atom is -0.340 e. The lowest BCUT2D eigenvalue weighted by molar-refractivity contribution is -0.128. The summed E-state index contributed by atoms with van der Waals surface area (Å²) >= 11 is 0. The zero-order valence-corrected chi connectivity index (χ0v) is 10.4. The molecule has 3 rings (SSSR count). The molecule has 2 fully saturated rings. The summed E-state index contributed by atoms with van der Waals surface area (Å²) in [6.45, 7) is 2.74. The van der Waals surface area contributed by atoms with Crippen LogP contribution in [0.2, 0.25) is 0 Å². The Morgan fingerprint density at radius 2 is 2.11 bits per heavy atom. The van der Waals surface area contributed by atoms with Gasteiger partial charge in [-0.15, -0.1) is 0 Å². The molecule has 5 heteroatoms. The zero-order chi connectivity index (χ0) is 12.5. The van der Waals surface area contributed by atoms with Crippen LogP contribution in [0.5, 0.6) is 0 Å². The molecule has 0 saturated carbocycles. The first-order valence-corrected chi connectivity index (χ1v) is 6.44. The number of hydrogen-bond acceptors (Lipinski definition) is 4. The van der Waals surface area contributed by atoms with Gasteiger partial charge in [-0.05, 0) is 18.6 Å². The lowest BCUT2D eigenvalue weighted by Crippen LogP contribution is -2.64. The normalized spacial score (nSPS) is 31.1. The van der Waals surface area contributed by atoms with E-state index in [0.29, 0.717) is 6.54 Å². The van der Waals surface area contributed by atoms with Gasteiger partial charge in [0, 0.05) is 6.54 Å². The molecule has 3 N–H and O–H groups in total. The molecule has 0 aliphatic carbocycles. The van der Waals surface area contributed by atoms with Crippen LogP contribution in [-0.2, 0) is 4.79 Å². The highest BCUT2D eigenvalue weighted by Crippen LogP contribution is 2.24. The standard InChI is InChI=1S/C13H18N4O/c1-2-11-15-12-10(13(18)16-11)8-14-17(12)9-6-4-3-5-7-9/h3-7,10-12,14-15H,2,8H2,1H3,(H,16,18). The highest BCUT2D eigenvalue weighted by atomic mass is 16.2. The number of hydrogen-bond donors (Lipinski definition) is 3. The second-order valence-electron chi connectivity index (χ2n) is 4.76. The summed E-state index contributed by atoms with van der Waals surface area (Å²) in [5.41, 5.74) is 4.39. The third-order valence-corrected chi connectivity index (χ3v) is 3.61. The predicted molar refractivity (Wildman–Crippen MR) is 69.6 cm³/mol. The van der Waals surface area contributed by atoms with E-state index in [2.05, 4.69) is 28.0 Å². The number of carbonyl (C=O) groups excluding carboxylic acids is 1. The lowest BCUT2D eigenvalue weighted by Gasteiger charge is -2.37.